The predicted octanol–water partition coefficient (Wildman–Crippen LogP) is 2.89. The van der Waals surface area contributed by atoms with Gasteiger partial charge in [0.1, 0.15) is 17.5 Å². The standard InChI is InChI=1S/C23H27BrN4O4/c1-12(2)19(18-9-13(3)27-32-18)21(30)28-11-16(29)10-17(28)20-25-22(31)23(4,26-20)14-5-7-15(24)8-6-14/h5-9,12,16-17,19,29H,10-11H2,1-4H3,(H,25,26,31)/t16-,17-,19+,23-/m1/s1. The van der Waals surface area contributed by atoms with Gasteiger partial charge in [0.15, 0.2) is 5.54 Å². The quantitative estimate of drug-likeness (QED) is 0.653. The number of nitrogens with zero attached hydrogens (tertiary/aromatic N) is 3. The van der Waals surface area contributed by atoms with Gasteiger partial charge in [-0.05, 0) is 37.5 Å². The number of carbonyl (C=O) groups is 2. The number of hydrogen-bond donors (Lipinski definition) is 2. The molecule has 2 aliphatic heterocycles. The Bertz CT molecular complexity index is 1060. The molecule has 32 heavy (non-hydrogen) atoms. The first-order valence-electron chi connectivity index (χ1n) is 10.7. The summed E-state index contributed by atoms with van der Waals surface area (Å²) in [5.74, 6) is -0.107. The molecule has 0 bridgehead atoms. The van der Waals surface area contributed by atoms with Crippen LogP contribution in [0.25, 0.3) is 0 Å². The number of aliphatic hydroxyl groups excluding tert-OH is 1. The normalized spacial score (nSPS) is 26.4. The summed E-state index contributed by atoms with van der Waals surface area (Å²) < 4.78 is 6.32. The first kappa shape index (κ1) is 22.7. The smallest absolute Gasteiger partial charge is 0.257 e. The summed E-state index contributed by atoms with van der Waals surface area (Å²) in [6, 6.07) is 8.67. The van der Waals surface area contributed by atoms with E-state index in [4.69, 9.17) is 9.52 Å². The molecular formula is C23H27BrN4O4. The highest BCUT2D eigenvalue weighted by molar-refractivity contribution is 9.10. The lowest BCUT2D eigenvalue weighted by atomic mass is 9.91. The Balaban J connectivity index is 1.66. The number of rotatable bonds is 5. The van der Waals surface area contributed by atoms with Crippen LogP contribution in [0.1, 0.15) is 50.1 Å². The number of aliphatic imine (C=N–C) groups is 1. The fraction of sp³-hybridized carbons (Fsp3) is 0.478. The molecule has 3 heterocycles. The molecule has 0 unspecified atom stereocenters. The number of halogens is 1. The number of amidine groups is 1. The van der Waals surface area contributed by atoms with E-state index in [0.717, 1.165) is 10.0 Å². The van der Waals surface area contributed by atoms with E-state index in [1.165, 1.54) is 0 Å². The highest BCUT2D eigenvalue weighted by Gasteiger charge is 2.48. The molecule has 4 rings (SSSR count). The Morgan fingerprint density at radius 3 is 2.62 bits per heavy atom. The minimum atomic E-state index is -1.10. The fourth-order valence-electron chi connectivity index (χ4n) is 4.45. The number of hydrogen-bond acceptors (Lipinski definition) is 6. The Morgan fingerprint density at radius 1 is 1.34 bits per heavy atom. The Morgan fingerprint density at radius 2 is 2.03 bits per heavy atom. The van der Waals surface area contributed by atoms with Gasteiger partial charge in [0.2, 0.25) is 5.91 Å². The average Bonchev–Trinajstić information content (AvgIpc) is 3.40. The number of carbonyl (C=O) groups excluding carboxylic acids is 2. The van der Waals surface area contributed by atoms with Crippen molar-refractivity contribution in [2.45, 2.75) is 57.7 Å². The van der Waals surface area contributed by atoms with E-state index in [2.05, 4.69) is 26.4 Å². The van der Waals surface area contributed by atoms with Gasteiger partial charge in [0, 0.05) is 23.5 Å². The second-order valence-electron chi connectivity index (χ2n) is 9.02. The predicted molar refractivity (Wildman–Crippen MR) is 122 cm³/mol. The van der Waals surface area contributed by atoms with Crippen LogP contribution in [0.15, 0.2) is 44.3 Å². The number of β-amino-alcohol motifs (C(OH)–C–C–N with tert-alkyl or cyclic N) is 1. The lowest BCUT2D eigenvalue weighted by Crippen LogP contribution is -2.48. The lowest BCUT2D eigenvalue weighted by Gasteiger charge is -2.29. The molecule has 0 radical (unpaired) electrons. The SMILES string of the molecule is Cc1cc([C@@H](C(=O)N2C[C@H](O)C[C@@H]2C2=N[C@](C)(c3ccc(Br)cc3)C(=O)N2)C(C)C)on1. The Labute approximate surface area is 195 Å². The Kier molecular flexibility index (Phi) is 5.98. The van der Waals surface area contributed by atoms with Gasteiger partial charge in [-0.15, -0.1) is 0 Å². The van der Waals surface area contributed by atoms with Crippen LogP contribution in [0.4, 0.5) is 0 Å². The minimum Gasteiger partial charge on any atom is -0.391 e. The summed E-state index contributed by atoms with van der Waals surface area (Å²) in [7, 11) is 0. The van der Waals surface area contributed by atoms with Crippen LogP contribution in [-0.2, 0) is 15.1 Å². The summed E-state index contributed by atoms with van der Waals surface area (Å²) in [6.07, 6.45) is -0.394. The molecule has 170 valence electrons. The third-order valence-electron chi connectivity index (χ3n) is 6.20. The second-order valence-corrected chi connectivity index (χ2v) is 9.93. The monoisotopic (exact) mass is 502 g/mol. The first-order chi connectivity index (χ1) is 15.1. The van der Waals surface area contributed by atoms with E-state index < -0.39 is 23.6 Å². The molecule has 0 saturated carbocycles. The van der Waals surface area contributed by atoms with E-state index in [9.17, 15) is 14.7 Å². The zero-order valence-electron chi connectivity index (χ0n) is 18.5. The molecule has 1 saturated heterocycles. The summed E-state index contributed by atoms with van der Waals surface area (Å²) in [5, 5.41) is 17.2. The van der Waals surface area contributed by atoms with Crippen LogP contribution < -0.4 is 5.32 Å². The lowest BCUT2D eigenvalue weighted by molar-refractivity contribution is -0.134. The summed E-state index contributed by atoms with van der Waals surface area (Å²) in [6.45, 7) is 7.62. The van der Waals surface area contributed by atoms with E-state index in [0.29, 0.717) is 23.7 Å². The van der Waals surface area contributed by atoms with Crippen LogP contribution >= 0.6 is 15.9 Å². The molecule has 2 aromatic rings. The van der Waals surface area contributed by atoms with Gasteiger partial charge in [0.05, 0.1) is 17.8 Å². The van der Waals surface area contributed by atoms with Crippen molar-refractivity contribution >= 4 is 33.6 Å². The third-order valence-corrected chi connectivity index (χ3v) is 6.73. The molecule has 1 aromatic carbocycles. The minimum absolute atomic E-state index is 0.0404. The Hall–Kier alpha value is -2.52. The van der Waals surface area contributed by atoms with Gasteiger partial charge in [-0.3, -0.25) is 9.59 Å². The van der Waals surface area contributed by atoms with Crippen LogP contribution in [0.3, 0.4) is 0 Å². The number of benzene rings is 1. The van der Waals surface area contributed by atoms with Crippen LogP contribution in [0.5, 0.6) is 0 Å². The number of nitrogens with one attached hydrogen (secondary N) is 1. The summed E-state index contributed by atoms with van der Waals surface area (Å²) in [4.78, 5) is 32.9. The average molecular weight is 503 g/mol. The topological polar surface area (TPSA) is 108 Å². The molecule has 1 aromatic heterocycles. The molecule has 2 aliphatic rings. The second kappa shape index (κ2) is 8.44. The number of aromatic nitrogens is 1. The number of amides is 2. The van der Waals surface area contributed by atoms with Crippen molar-refractivity contribution in [2.75, 3.05) is 6.54 Å². The van der Waals surface area contributed by atoms with Crippen LogP contribution in [-0.4, -0.2) is 51.5 Å². The molecule has 8 nitrogen and oxygen atoms in total. The zero-order chi connectivity index (χ0) is 23.2. The molecule has 0 spiro atoms. The molecule has 2 amide bonds. The summed E-state index contributed by atoms with van der Waals surface area (Å²) >= 11 is 3.41. The van der Waals surface area contributed by atoms with Gasteiger partial charge in [-0.25, -0.2) is 4.99 Å². The van der Waals surface area contributed by atoms with E-state index >= 15 is 0 Å². The van der Waals surface area contributed by atoms with Crippen molar-refractivity contribution in [3.8, 4) is 0 Å². The highest BCUT2D eigenvalue weighted by atomic mass is 79.9. The molecule has 1 fully saturated rings. The van der Waals surface area contributed by atoms with E-state index in [1.807, 2.05) is 45.0 Å². The first-order valence-corrected chi connectivity index (χ1v) is 11.5. The van der Waals surface area contributed by atoms with Crippen LogP contribution in [0, 0.1) is 12.8 Å². The van der Waals surface area contributed by atoms with Crippen molar-refractivity contribution in [3.63, 3.8) is 0 Å². The number of aliphatic hydroxyl groups is 1. The maximum absolute atomic E-state index is 13.6. The van der Waals surface area contributed by atoms with Gasteiger partial charge in [-0.2, -0.15) is 0 Å². The van der Waals surface area contributed by atoms with Gasteiger partial charge in [-0.1, -0.05) is 47.1 Å². The maximum atomic E-state index is 13.6. The van der Waals surface area contributed by atoms with Crippen LogP contribution in [0.2, 0.25) is 0 Å². The molecule has 9 heteroatoms. The maximum Gasteiger partial charge on any atom is 0.257 e. The zero-order valence-corrected chi connectivity index (χ0v) is 20.1. The van der Waals surface area contributed by atoms with E-state index in [1.54, 1.807) is 17.9 Å². The van der Waals surface area contributed by atoms with Crippen molar-refractivity contribution in [3.05, 3.63) is 51.8 Å². The highest BCUT2D eigenvalue weighted by Crippen LogP contribution is 2.35. The summed E-state index contributed by atoms with van der Waals surface area (Å²) in [5.41, 5.74) is 0.355. The molecule has 2 N–H and O–H groups in total. The number of aryl methyl sites for hydroxylation is 1. The van der Waals surface area contributed by atoms with E-state index in [-0.39, 0.29) is 24.3 Å². The van der Waals surface area contributed by atoms with Gasteiger partial charge in [0.25, 0.3) is 5.91 Å². The van der Waals surface area contributed by atoms with Crippen molar-refractivity contribution in [1.29, 1.82) is 0 Å². The van der Waals surface area contributed by atoms with Gasteiger partial charge < -0.3 is 19.8 Å². The molecule has 0 aliphatic carbocycles. The molecule has 4 atom stereocenters. The number of likely N-dealkylation sites (tertiary alicyclic amines) is 1. The van der Waals surface area contributed by atoms with Crippen molar-refractivity contribution < 1.29 is 19.2 Å². The molecular weight excluding hydrogens is 476 g/mol. The largest absolute Gasteiger partial charge is 0.391 e. The fourth-order valence-corrected chi connectivity index (χ4v) is 4.71. The van der Waals surface area contributed by atoms with Gasteiger partial charge >= 0.3 is 0 Å². The van der Waals surface area contributed by atoms with Crippen molar-refractivity contribution in [2.24, 2.45) is 10.9 Å². The third kappa shape index (κ3) is 3.99. The van der Waals surface area contributed by atoms with Crippen molar-refractivity contribution in [1.82, 2.24) is 15.4 Å².